The second kappa shape index (κ2) is 12.4. The summed E-state index contributed by atoms with van der Waals surface area (Å²) < 4.78 is 6.92. The minimum absolute atomic E-state index is 0.0149. The number of hydrogen-bond acceptors (Lipinski definition) is 6. The number of para-hydroxylation sites is 1. The Morgan fingerprint density at radius 1 is 0.980 bits per heavy atom. The number of methoxy groups -OCH3 is 1. The number of carbonyl (C=O) groups is 3. The smallest absolute Gasteiger partial charge is 0.355 e. The van der Waals surface area contributed by atoms with E-state index in [1.54, 1.807) is 34.9 Å². The molecule has 3 aromatic carbocycles. The fraction of sp³-hybridized carbons (Fsp3) is 0.385. The Hall–Kier alpha value is -4.47. The Morgan fingerprint density at radius 2 is 1.65 bits per heavy atom. The number of pyridine rings is 1. The highest BCUT2D eigenvalue weighted by Gasteiger charge is 2.56. The molecule has 4 fully saturated rings. The quantitative estimate of drug-likeness (QED) is 0.208. The van der Waals surface area contributed by atoms with Crippen molar-refractivity contribution in [1.29, 1.82) is 0 Å². The average molecular weight is 682 g/mol. The summed E-state index contributed by atoms with van der Waals surface area (Å²) in [4.78, 5) is 53.6. The predicted molar refractivity (Wildman–Crippen MR) is 187 cm³/mol. The Morgan fingerprint density at radius 3 is 2.29 bits per heavy atom. The first kappa shape index (κ1) is 33.0. The number of benzene rings is 3. The van der Waals surface area contributed by atoms with Crippen molar-refractivity contribution >= 4 is 40.3 Å². The third-order valence-electron chi connectivity index (χ3n) is 10.7. The molecule has 49 heavy (non-hydrogen) atoms. The van der Waals surface area contributed by atoms with E-state index in [0.29, 0.717) is 33.1 Å². The topological polar surface area (TPSA) is 127 Å². The van der Waals surface area contributed by atoms with E-state index in [2.05, 4.69) is 10.6 Å². The molecule has 0 saturated heterocycles. The number of nitrogens with one attached hydrogen (secondary N) is 2. The van der Waals surface area contributed by atoms with Crippen LogP contribution in [0.25, 0.3) is 16.6 Å². The van der Waals surface area contributed by atoms with Crippen molar-refractivity contribution < 1.29 is 24.2 Å². The number of aliphatic hydroxyl groups is 1. The van der Waals surface area contributed by atoms with Crippen LogP contribution in [0.15, 0.2) is 77.6 Å². The van der Waals surface area contributed by atoms with Gasteiger partial charge in [0.1, 0.15) is 11.3 Å². The van der Waals surface area contributed by atoms with Crippen molar-refractivity contribution in [2.75, 3.05) is 7.11 Å². The molecule has 4 bridgehead atoms. The van der Waals surface area contributed by atoms with Gasteiger partial charge in [0.05, 0.1) is 12.6 Å². The molecule has 2 amide bonds. The van der Waals surface area contributed by atoms with Gasteiger partial charge in [-0.05, 0) is 112 Å². The Balaban J connectivity index is 1.14. The van der Waals surface area contributed by atoms with Gasteiger partial charge in [0, 0.05) is 45.2 Å². The van der Waals surface area contributed by atoms with Crippen LogP contribution < -0.4 is 16.1 Å². The normalized spacial score (nSPS) is 24.1. The zero-order chi connectivity index (χ0) is 34.7. The minimum atomic E-state index is -1.44. The van der Waals surface area contributed by atoms with Crippen LogP contribution in [0.5, 0.6) is 0 Å². The largest absolute Gasteiger partial charge is 0.464 e. The molecule has 10 heteroatoms. The molecule has 3 N–H and O–H groups in total. The van der Waals surface area contributed by atoms with Crippen LogP contribution in [-0.2, 0) is 16.0 Å². The van der Waals surface area contributed by atoms with Crippen LogP contribution >= 0.6 is 11.6 Å². The number of esters is 1. The van der Waals surface area contributed by atoms with E-state index in [1.807, 2.05) is 42.5 Å². The van der Waals surface area contributed by atoms with Gasteiger partial charge >= 0.3 is 5.97 Å². The number of ether oxygens (including phenoxy) is 1. The number of hydrogen-bond donors (Lipinski definition) is 3. The maximum atomic E-state index is 14.0. The van der Waals surface area contributed by atoms with Crippen LogP contribution in [0, 0.1) is 17.8 Å². The highest BCUT2D eigenvalue weighted by Crippen LogP contribution is 2.56. The van der Waals surface area contributed by atoms with E-state index in [0.717, 1.165) is 37.7 Å². The first-order valence-corrected chi connectivity index (χ1v) is 17.2. The SMILES string of the molecule is COC(=O)c1c(Cc2ccc(C(=O)NC3C4CC5CC3CC(NC(=O)C(C)(C)O)(C5)C4)cc2)c(=O)c2ccc(Cl)cc2n1-c1ccccc1. The molecule has 254 valence electrons. The minimum Gasteiger partial charge on any atom is -0.464 e. The first-order chi connectivity index (χ1) is 23.4. The summed E-state index contributed by atoms with van der Waals surface area (Å²) >= 11 is 6.35. The average Bonchev–Trinajstić information content (AvgIpc) is 3.06. The standard InChI is InChI=1S/C39H40ClN3O6/c1-38(2,48)37(47)42-39-19-23-15-25(20-39)32(26(16-23)21-39)41-35(45)24-11-9-22(10-12-24)17-30-33(36(46)49-3)43(28-7-5-4-6-8-28)31-18-27(40)13-14-29(31)34(30)44/h4-14,18,23,25-26,32,48H,15-17,19-21H2,1-3H3,(H,41,45)(H,42,47). The van der Waals surface area contributed by atoms with Gasteiger partial charge in [-0.2, -0.15) is 0 Å². The summed E-state index contributed by atoms with van der Waals surface area (Å²) in [7, 11) is 1.29. The molecule has 2 unspecified atom stereocenters. The van der Waals surface area contributed by atoms with Gasteiger partial charge in [-0.25, -0.2) is 4.79 Å². The lowest BCUT2D eigenvalue weighted by Crippen LogP contribution is -2.68. The van der Waals surface area contributed by atoms with Crippen LogP contribution in [0.4, 0.5) is 0 Å². The maximum absolute atomic E-state index is 14.0. The third kappa shape index (κ3) is 6.15. The number of halogens is 1. The van der Waals surface area contributed by atoms with E-state index < -0.39 is 11.6 Å². The van der Waals surface area contributed by atoms with Gasteiger partial charge in [-0.3, -0.25) is 14.4 Å². The van der Waals surface area contributed by atoms with Crippen molar-refractivity contribution in [1.82, 2.24) is 15.2 Å². The first-order valence-electron chi connectivity index (χ1n) is 16.8. The number of amides is 2. The van der Waals surface area contributed by atoms with Crippen molar-refractivity contribution in [3.63, 3.8) is 0 Å². The summed E-state index contributed by atoms with van der Waals surface area (Å²) in [6.07, 6.45) is 4.66. The second-order valence-corrected chi connectivity index (χ2v) is 15.1. The van der Waals surface area contributed by atoms with Gasteiger partial charge in [0.25, 0.3) is 11.8 Å². The van der Waals surface area contributed by atoms with Crippen LogP contribution in [0.3, 0.4) is 0 Å². The lowest BCUT2D eigenvalue weighted by Gasteiger charge is -2.60. The summed E-state index contributed by atoms with van der Waals surface area (Å²) in [6.45, 7) is 3.02. The highest BCUT2D eigenvalue weighted by molar-refractivity contribution is 6.31. The molecule has 0 aliphatic heterocycles. The fourth-order valence-corrected chi connectivity index (χ4v) is 8.91. The molecule has 0 radical (unpaired) electrons. The summed E-state index contributed by atoms with van der Waals surface area (Å²) in [6, 6.07) is 21.4. The molecule has 4 aliphatic carbocycles. The molecule has 4 saturated carbocycles. The zero-order valence-electron chi connectivity index (χ0n) is 27.8. The van der Waals surface area contributed by atoms with Gasteiger partial charge in [-0.15, -0.1) is 0 Å². The maximum Gasteiger partial charge on any atom is 0.355 e. The van der Waals surface area contributed by atoms with Crippen molar-refractivity contribution in [3.8, 4) is 5.69 Å². The molecule has 1 aromatic heterocycles. The van der Waals surface area contributed by atoms with Gasteiger partial charge in [0.15, 0.2) is 5.43 Å². The number of fused-ring (bicyclic) bond motifs is 1. The van der Waals surface area contributed by atoms with Gasteiger partial charge < -0.3 is 25.0 Å². The molecule has 1 heterocycles. The fourth-order valence-electron chi connectivity index (χ4n) is 8.75. The lowest BCUT2D eigenvalue weighted by atomic mass is 9.51. The van der Waals surface area contributed by atoms with Crippen LogP contribution in [0.1, 0.15) is 77.9 Å². The monoisotopic (exact) mass is 681 g/mol. The molecule has 0 spiro atoms. The second-order valence-electron chi connectivity index (χ2n) is 14.6. The molecular weight excluding hydrogens is 642 g/mol. The third-order valence-corrected chi connectivity index (χ3v) is 11.0. The van der Waals surface area contributed by atoms with E-state index in [9.17, 15) is 24.3 Å². The van der Waals surface area contributed by atoms with Crippen molar-refractivity contribution in [2.45, 2.75) is 69.6 Å². The Labute approximate surface area is 289 Å². The Kier molecular flexibility index (Phi) is 8.40. The van der Waals surface area contributed by atoms with E-state index in [4.69, 9.17) is 16.3 Å². The molecular formula is C39H40ClN3O6. The number of carbonyl (C=O) groups excluding carboxylic acids is 3. The molecule has 2 atom stereocenters. The van der Waals surface area contributed by atoms with Crippen molar-refractivity contribution in [2.24, 2.45) is 17.8 Å². The zero-order valence-corrected chi connectivity index (χ0v) is 28.5. The van der Waals surface area contributed by atoms with Gasteiger partial charge in [-0.1, -0.05) is 41.9 Å². The molecule has 9 nitrogen and oxygen atoms in total. The lowest BCUT2D eigenvalue weighted by molar-refractivity contribution is -0.143. The summed E-state index contributed by atoms with van der Waals surface area (Å²) in [5.41, 5.74) is 0.777. The van der Waals surface area contributed by atoms with E-state index in [1.165, 1.54) is 21.0 Å². The summed E-state index contributed by atoms with van der Waals surface area (Å²) in [5, 5.41) is 17.6. The molecule has 8 rings (SSSR count). The number of nitrogens with zero attached hydrogens (tertiary/aromatic N) is 1. The summed E-state index contributed by atoms with van der Waals surface area (Å²) in [5.74, 6) is -0.152. The van der Waals surface area contributed by atoms with E-state index in [-0.39, 0.29) is 58.3 Å². The van der Waals surface area contributed by atoms with Crippen molar-refractivity contribution in [3.05, 3.63) is 110 Å². The Bertz CT molecular complexity index is 2000. The molecule has 4 aromatic rings. The van der Waals surface area contributed by atoms with E-state index >= 15 is 0 Å². The molecule has 4 aliphatic rings. The van der Waals surface area contributed by atoms with Gasteiger partial charge in [0.2, 0.25) is 0 Å². The highest BCUT2D eigenvalue weighted by atomic mass is 35.5. The predicted octanol–water partition coefficient (Wildman–Crippen LogP) is 5.59. The van der Waals surface area contributed by atoms with Crippen LogP contribution in [0.2, 0.25) is 5.02 Å². The number of aromatic nitrogens is 1. The number of rotatable bonds is 8. The van der Waals surface area contributed by atoms with Crippen LogP contribution in [-0.4, -0.2) is 51.7 Å².